The molecule has 0 fully saturated rings. The lowest BCUT2D eigenvalue weighted by Gasteiger charge is -2.36. The van der Waals surface area contributed by atoms with Crippen LogP contribution in [0.3, 0.4) is 0 Å². The van der Waals surface area contributed by atoms with Crippen molar-refractivity contribution in [2.24, 2.45) is 5.73 Å². The molecule has 1 aliphatic heterocycles. The highest BCUT2D eigenvalue weighted by atomic mass is 15.4. The van der Waals surface area contributed by atoms with Crippen LogP contribution in [0, 0.1) is 0 Å². The van der Waals surface area contributed by atoms with E-state index in [2.05, 4.69) is 51.4 Å². The summed E-state index contributed by atoms with van der Waals surface area (Å²) in [4.78, 5) is 4.70. The van der Waals surface area contributed by atoms with Gasteiger partial charge in [0.05, 0.1) is 23.6 Å². The van der Waals surface area contributed by atoms with Crippen molar-refractivity contribution >= 4 is 11.4 Å². The minimum absolute atomic E-state index is 0.442. The van der Waals surface area contributed by atoms with Gasteiger partial charge in [-0.2, -0.15) is 0 Å². The summed E-state index contributed by atoms with van der Waals surface area (Å²) < 4.78 is 1.86. The molecule has 0 atom stereocenters. The monoisotopic (exact) mass is 272 g/mol. The van der Waals surface area contributed by atoms with Crippen LogP contribution in [0.1, 0.15) is 5.69 Å². The molecule has 3 rings (SSSR count). The normalized spacial score (nSPS) is 14.5. The van der Waals surface area contributed by atoms with Crippen LogP contribution in [-0.4, -0.2) is 41.7 Å². The molecule has 106 valence electrons. The van der Waals surface area contributed by atoms with Crippen molar-refractivity contribution in [1.29, 1.82) is 0 Å². The summed E-state index contributed by atoms with van der Waals surface area (Å²) in [7, 11) is 2.14. The van der Waals surface area contributed by atoms with Crippen molar-refractivity contribution in [3.05, 3.63) is 36.2 Å². The van der Waals surface area contributed by atoms with Crippen molar-refractivity contribution in [2.45, 2.75) is 13.1 Å². The maximum Gasteiger partial charge on any atom is 0.0962 e. The Balaban J connectivity index is 1.70. The molecule has 1 aromatic carbocycles. The molecule has 0 saturated carbocycles. The number of rotatable bonds is 4. The van der Waals surface area contributed by atoms with E-state index in [0.29, 0.717) is 6.54 Å². The summed E-state index contributed by atoms with van der Waals surface area (Å²) in [6.07, 6.45) is 1.92. The highest BCUT2D eigenvalue weighted by molar-refractivity contribution is 5.72. The van der Waals surface area contributed by atoms with Crippen LogP contribution in [0.15, 0.2) is 30.5 Å². The van der Waals surface area contributed by atoms with E-state index in [4.69, 9.17) is 5.73 Å². The Hall–Kier alpha value is -2.08. The number of benzene rings is 1. The SMILES string of the molecule is CN1CCN(CCn2cc(CN)nn2)c2ccccc21. The molecule has 0 spiro atoms. The standard InChI is InChI=1S/C14H20N6/c1-18-6-7-19(14-5-3-2-4-13(14)18)8-9-20-11-12(10-15)16-17-20/h2-5,11H,6-10,15H2,1H3. The first-order chi connectivity index (χ1) is 9.78. The molecule has 6 heteroatoms. The van der Waals surface area contributed by atoms with E-state index in [0.717, 1.165) is 31.9 Å². The first-order valence-electron chi connectivity index (χ1n) is 6.92. The number of para-hydroxylation sites is 2. The molecule has 1 aliphatic rings. The Bertz CT molecular complexity index is 579. The zero-order valence-corrected chi connectivity index (χ0v) is 11.7. The van der Waals surface area contributed by atoms with Crippen LogP contribution in [0.4, 0.5) is 11.4 Å². The van der Waals surface area contributed by atoms with Gasteiger partial charge in [0.2, 0.25) is 0 Å². The number of nitrogens with zero attached hydrogens (tertiary/aromatic N) is 5. The highest BCUT2D eigenvalue weighted by Gasteiger charge is 2.19. The van der Waals surface area contributed by atoms with Crippen molar-refractivity contribution in [3.63, 3.8) is 0 Å². The number of aromatic nitrogens is 3. The molecule has 2 heterocycles. The fraction of sp³-hybridized carbons (Fsp3) is 0.429. The first-order valence-corrected chi connectivity index (χ1v) is 6.92. The van der Waals surface area contributed by atoms with E-state index in [-0.39, 0.29) is 0 Å². The molecule has 0 saturated heterocycles. The van der Waals surface area contributed by atoms with Gasteiger partial charge in [-0.15, -0.1) is 5.10 Å². The Morgan fingerprint density at radius 3 is 2.70 bits per heavy atom. The van der Waals surface area contributed by atoms with Crippen molar-refractivity contribution in [2.75, 3.05) is 36.5 Å². The van der Waals surface area contributed by atoms with Gasteiger partial charge in [-0.25, -0.2) is 0 Å². The van der Waals surface area contributed by atoms with Gasteiger partial charge in [0.15, 0.2) is 0 Å². The lowest BCUT2D eigenvalue weighted by atomic mass is 10.2. The molecule has 6 nitrogen and oxygen atoms in total. The molecule has 2 aromatic rings. The Morgan fingerprint density at radius 2 is 1.95 bits per heavy atom. The number of likely N-dealkylation sites (N-methyl/N-ethyl adjacent to an activating group) is 1. The average molecular weight is 272 g/mol. The highest BCUT2D eigenvalue weighted by Crippen LogP contribution is 2.31. The number of fused-ring (bicyclic) bond motifs is 1. The van der Waals surface area contributed by atoms with E-state index >= 15 is 0 Å². The van der Waals surface area contributed by atoms with E-state index in [1.807, 2.05) is 10.9 Å². The summed E-state index contributed by atoms with van der Waals surface area (Å²) in [5.41, 5.74) is 8.97. The van der Waals surface area contributed by atoms with Gasteiger partial charge in [-0.3, -0.25) is 4.68 Å². The summed E-state index contributed by atoms with van der Waals surface area (Å²) in [6.45, 7) is 4.27. The third-order valence-corrected chi connectivity index (χ3v) is 3.73. The zero-order chi connectivity index (χ0) is 13.9. The van der Waals surface area contributed by atoms with Gasteiger partial charge in [0, 0.05) is 39.4 Å². The topological polar surface area (TPSA) is 63.2 Å². The second kappa shape index (κ2) is 5.50. The Morgan fingerprint density at radius 1 is 1.15 bits per heavy atom. The molecular formula is C14H20N6. The van der Waals surface area contributed by atoms with Gasteiger partial charge in [-0.1, -0.05) is 17.3 Å². The Labute approximate surface area is 118 Å². The maximum absolute atomic E-state index is 5.55. The molecule has 0 aliphatic carbocycles. The lowest BCUT2D eigenvalue weighted by molar-refractivity contribution is 0.570. The quantitative estimate of drug-likeness (QED) is 0.887. The number of hydrogen-bond acceptors (Lipinski definition) is 5. The molecule has 20 heavy (non-hydrogen) atoms. The van der Waals surface area contributed by atoms with Gasteiger partial charge in [0.25, 0.3) is 0 Å². The lowest BCUT2D eigenvalue weighted by Crippen LogP contribution is -2.40. The van der Waals surface area contributed by atoms with E-state index in [1.165, 1.54) is 11.4 Å². The van der Waals surface area contributed by atoms with Crippen LogP contribution < -0.4 is 15.5 Å². The van der Waals surface area contributed by atoms with Crippen LogP contribution in [0.25, 0.3) is 0 Å². The minimum atomic E-state index is 0.442. The van der Waals surface area contributed by atoms with E-state index in [9.17, 15) is 0 Å². The van der Waals surface area contributed by atoms with Gasteiger partial charge >= 0.3 is 0 Å². The van der Waals surface area contributed by atoms with Crippen molar-refractivity contribution in [1.82, 2.24) is 15.0 Å². The van der Waals surface area contributed by atoms with Crippen LogP contribution >= 0.6 is 0 Å². The fourth-order valence-electron chi connectivity index (χ4n) is 2.56. The molecule has 1 aromatic heterocycles. The van der Waals surface area contributed by atoms with Crippen molar-refractivity contribution < 1.29 is 0 Å². The second-order valence-electron chi connectivity index (χ2n) is 5.07. The molecule has 0 bridgehead atoms. The number of hydrogen-bond donors (Lipinski definition) is 1. The first kappa shape index (κ1) is 12.9. The molecular weight excluding hydrogens is 252 g/mol. The second-order valence-corrected chi connectivity index (χ2v) is 5.07. The summed E-state index contributed by atoms with van der Waals surface area (Å²) in [5, 5.41) is 8.11. The molecule has 2 N–H and O–H groups in total. The van der Waals surface area contributed by atoms with Gasteiger partial charge in [-0.05, 0) is 12.1 Å². The minimum Gasteiger partial charge on any atom is -0.371 e. The largest absolute Gasteiger partial charge is 0.371 e. The average Bonchev–Trinajstić information content (AvgIpc) is 2.95. The van der Waals surface area contributed by atoms with Crippen LogP contribution in [0.5, 0.6) is 0 Å². The zero-order valence-electron chi connectivity index (χ0n) is 11.7. The molecule has 0 amide bonds. The van der Waals surface area contributed by atoms with Crippen LogP contribution in [-0.2, 0) is 13.1 Å². The number of anilines is 2. The third kappa shape index (κ3) is 2.46. The predicted molar refractivity (Wildman–Crippen MR) is 79.8 cm³/mol. The summed E-state index contributed by atoms with van der Waals surface area (Å²) >= 11 is 0. The predicted octanol–water partition coefficient (Wildman–Crippen LogP) is 0.693. The summed E-state index contributed by atoms with van der Waals surface area (Å²) in [6, 6.07) is 8.53. The number of nitrogens with two attached hydrogens (primary N) is 1. The molecule has 0 radical (unpaired) electrons. The smallest absolute Gasteiger partial charge is 0.0962 e. The van der Waals surface area contributed by atoms with E-state index in [1.54, 1.807) is 0 Å². The fourth-order valence-corrected chi connectivity index (χ4v) is 2.56. The van der Waals surface area contributed by atoms with Gasteiger partial charge < -0.3 is 15.5 Å². The maximum atomic E-state index is 5.55. The van der Waals surface area contributed by atoms with Gasteiger partial charge in [0.1, 0.15) is 0 Å². The summed E-state index contributed by atoms with van der Waals surface area (Å²) in [5.74, 6) is 0. The molecule has 0 unspecified atom stereocenters. The third-order valence-electron chi connectivity index (χ3n) is 3.73. The Kier molecular flexibility index (Phi) is 3.56. The van der Waals surface area contributed by atoms with E-state index < -0.39 is 0 Å². The van der Waals surface area contributed by atoms with Crippen LogP contribution in [0.2, 0.25) is 0 Å². The van der Waals surface area contributed by atoms with Crippen molar-refractivity contribution in [3.8, 4) is 0 Å².